The second-order valence-corrected chi connectivity index (χ2v) is 23.0. The zero-order valence-corrected chi connectivity index (χ0v) is 54.0. The van der Waals surface area contributed by atoms with Crippen molar-refractivity contribution in [3.63, 3.8) is 0 Å². The molecule has 0 unspecified atom stereocenters. The summed E-state index contributed by atoms with van der Waals surface area (Å²) in [5, 5.41) is 18.9. The topological polar surface area (TPSA) is 257 Å². The van der Waals surface area contributed by atoms with Crippen molar-refractivity contribution in [1.29, 1.82) is 0 Å². The van der Waals surface area contributed by atoms with Crippen molar-refractivity contribution >= 4 is 82.5 Å². The monoisotopic (exact) mass is 1290 g/mol. The van der Waals surface area contributed by atoms with Gasteiger partial charge in [-0.3, -0.25) is 29.2 Å². The third kappa shape index (κ3) is 21.2. The third-order valence-corrected chi connectivity index (χ3v) is 16.9. The van der Waals surface area contributed by atoms with Crippen LogP contribution in [0.1, 0.15) is 68.7 Å². The van der Waals surface area contributed by atoms with Crippen LogP contribution in [-0.2, 0) is 73.9 Å². The summed E-state index contributed by atoms with van der Waals surface area (Å²) in [6.45, 7) is 7.19. The molecule has 2 amide bonds. The summed E-state index contributed by atoms with van der Waals surface area (Å²) in [5.74, 6) is 3.82. The number of hydrogen-bond donors (Lipinski definition) is 2. The molecule has 0 saturated carbocycles. The lowest BCUT2D eigenvalue weighted by atomic mass is 10.1. The lowest BCUT2D eigenvalue weighted by Gasteiger charge is -2.26. The molecule has 8 rings (SSSR count). The van der Waals surface area contributed by atoms with Gasteiger partial charge in [-0.15, -0.1) is 23.5 Å². The Bertz CT molecular complexity index is 2870. The van der Waals surface area contributed by atoms with Gasteiger partial charge in [0.2, 0.25) is 0 Å². The number of amides is 2. The number of hydrogen-bond acceptors (Lipinski definition) is 24. The molecular formula is C64H86N6O18S2. The van der Waals surface area contributed by atoms with Crippen LogP contribution in [0, 0.1) is 0 Å². The van der Waals surface area contributed by atoms with Gasteiger partial charge < -0.3 is 86.7 Å². The van der Waals surface area contributed by atoms with Crippen molar-refractivity contribution in [2.24, 2.45) is 9.98 Å². The van der Waals surface area contributed by atoms with Crippen LogP contribution in [0.25, 0.3) is 0 Å². The molecule has 4 aromatic rings. The number of anilines is 2. The Hall–Kier alpha value is -6.72. The summed E-state index contributed by atoms with van der Waals surface area (Å²) in [4.78, 5) is 67.8. The molecule has 0 radical (unpaired) electrons. The molecule has 0 aromatic heterocycles. The number of rotatable bonds is 38. The van der Waals surface area contributed by atoms with Crippen molar-refractivity contribution < 1.29 is 86.2 Å². The van der Waals surface area contributed by atoms with Gasteiger partial charge in [0, 0.05) is 101 Å². The van der Waals surface area contributed by atoms with E-state index in [9.17, 15) is 29.4 Å². The van der Waals surface area contributed by atoms with Crippen LogP contribution in [0.15, 0.2) is 70.6 Å². The summed E-state index contributed by atoms with van der Waals surface area (Å²) < 4.78 is 66.5. The Balaban J connectivity index is 0.000000346. The first-order valence-electron chi connectivity index (χ1n) is 29.9. The van der Waals surface area contributed by atoms with Gasteiger partial charge in [-0.05, 0) is 77.6 Å². The van der Waals surface area contributed by atoms with E-state index in [4.69, 9.17) is 56.8 Å². The maximum absolute atomic E-state index is 13.5. The number of methoxy groups -OCH3 is 6. The van der Waals surface area contributed by atoms with E-state index >= 15 is 0 Å². The van der Waals surface area contributed by atoms with Crippen LogP contribution in [-0.4, -0.2) is 226 Å². The average molecular weight is 1290 g/mol. The van der Waals surface area contributed by atoms with E-state index in [0.29, 0.717) is 169 Å². The fourth-order valence-electron chi connectivity index (χ4n) is 10.00. The molecule has 492 valence electrons. The minimum Gasteiger partial charge on any atom is -0.493 e. The number of aliphatic imine (C=N–C) groups is 2. The van der Waals surface area contributed by atoms with Gasteiger partial charge in [0.05, 0.1) is 154 Å². The number of aliphatic hydroxyl groups excluding tert-OH is 2. The van der Waals surface area contributed by atoms with Crippen molar-refractivity contribution in [2.45, 2.75) is 64.2 Å². The number of fused-ring (bicyclic) bond motifs is 4. The van der Waals surface area contributed by atoms with Gasteiger partial charge >= 0.3 is 11.9 Å². The van der Waals surface area contributed by atoms with E-state index in [1.54, 1.807) is 82.3 Å². The second kappa shape index (κ2) is 38.2. The SMILES string of the molecule is COCCOCCOCCN(CCCC(=O)OC)c1cc(CO)cc(CO)c1.COCCOCCOCCN(CCCC(=O)OC)c1cc(COc2cc3c(cc2OC)C(=O)N2CSC[C@H]2C=N3)cc(COc2cc3c(cc2OC)C(=O)N2CSC[C@H]2C=N3)c1. The fraction of sp³-hybridized carbons (Fsp3) is 0.531. The van der Waals surface area contributed by atoms with E-state index in [-0.39, 0.29) is 68.7 Å². The molecule has 4 heterocycles. The van der Waals surface area contributed by atoms with Crippen LogP contribution >= 0.6 is 23.5 Å². The molecule has 24 nitrogen and oxygen atoms in total. The first kappa shape index (κ1) is 70.7. The minimum absolute atomic E-state index is 0.0632. The Labute approximate surface area is 535 Å². The summed E-state index contributed by atoms with van der Waals surface area (Å²) in [7, 11) is 9.11. The van der Waals surface area contributed by atoms with E-state index in [1.165, 1.54) is 14.2 Å². The molecule has 26 heteroatoms. The number of thioether (sulfide) groups is 2. The van der Waals surface area contributed by atoms with Crippen LogP contribution in [0.4, 0.5) is 22.7 Å². The highest BCUT2D eigenvalue weighted by Gasteiger charge is 2.35. The Morgan fingerprint density at radius 2 is 0.889 bits per heavy atom. The molecular weight excluding hydrogens is 1200 g/mol. The first-order chi connectivity index (χ1) is 43.9. The smallest absolute Gasteiger partial charge is 0.305 e. The first-order valence-corrected chi connectivity index (χ1v) is 32.2. The van der Waals surface area contributed by atoms with E-state index in [1.807, 2.05) is 52.6 Å². The zero-order valence-electron chi connectivity index (χ0n) is 52.4. The molecule has 0 aliphatic carbocycles. The van der Waals surface area contributed by atoms with Crippen molar-refractivity contribution in [2.75, 3.05) is 168 Å². The number of aliphatic hydroxyl groups is 2. The molecule has 0 spiro atoms. The average Bonchev–Trinajstić information content (AvgIpc) is 1.68. The second-order valence-electron chi connectivity index (χ2n) is 21.0. The molecule has 90 heavy (non-hydrogen) atoms. The number of ether oxygens (including phenoxy) is 12. The lowest BCUT2D eigenvalue weighted by molar-refractivity contribution is -0.141. The minimum atomic E-state index is -0.286. The summed E-state index contributed by atoms with van der Waals surface area (Å²) >= 11 is 3.40. The standard InChI is InChI=1S/C44H53N5O11S2.C20H33NO7/c1-53-10-11-58-13-12-57-9-8-47(7-5-6-42(50)56-4)31-15-29(23-59-40-19-36-34(17-38(40)54-2)43(51)48-27-61-25-32(48)21-45-36)14-30(16-31)24-60-41-20-37-35(18-39(41)55-3)44(52)49-28-62-26-33(49)22-46-37;1-25-8-9-28-11-10-27-7-6-21(5-3-4-20(24)26-2)19-13-17(15-22)12-18(14-19)16-23/h14-22,32-33H,5-13,23-28H2,1-4H3;12-14,22-23H,3-11,15-16H2,1-2H3/t32-,33-;/m1./s1. The quantitative estimate of drug-likeness (QED) is 0.0343. The highest BCUT2D eigenvalue weighted by Crippen LogP contribution is 2.41. The van der Waals surface area contributed by atoms with Crippen LogP contribution in [0.5, 0.6) is 23.0 Å². The number of esters is 2. The molecule has 4 aromatic carbocycles. The van der Waals surface area contributed by atoms with Gasteiger partial charge in [0.15, 0.2) is 23.0 Å². The molecule has 0 bridgehead atoms. The van der Waals surface area contributed by atoms with Gasteiger partial charge in [-0.1, -0.05) is 6.07 Å². The third-order valence-electron chi connectivity index (χ3n) is 14.8. The highest BCUT2D eigenvalue weighted by molar-refractivity contribution is 7.99. The zero-order chi connectivity index (χ0) is 64.0. The summed E-state index contributed by atoms with van der Waals surface area (Å²) in [5.41, 5.74) is 6.81. The largest absolute Gasteiger partial charge is 0.493 e. The van der Waals surface area contributed by atoms with Crippen molar-refractivity contribution in [3.05, 3.63) is 94.0 Å². The number of carbonyl (C=O) groups is 4. The van der Waals surface area contributed by atoms with E-state index in [0.717, 1.165) is 45.1 Å². The molecule has 2 saturated heterocycles. The number of benzene rings is 4. The summed E-state index contributed by atoms with van der Waals surface area (Å²) in [6, 6.07) is 18.4. The van der Waals surface area contributed by atoms with Gasteiger partial charge in [-0.2, -0.15) is 0 Å². The summed E-state index contributed by atoms with van der Waals surface area (Å²) in [6.07, 6.45) is 5.41. The van der Waals surface area contributed by atoms with Crippen LogP contribution < -0.4 is 28.7 Å². The Morgan fingerprint density at radius 1 is 0.500 bits per heavy atom. The maximum atomic E-state index is 13.5. The van der Waals surface area contributed by atoms with Crippen molar-refractivity contribution in [3.8, 4) is 23.0 Å². The van der Waals surface area contributed by atoms with Crippen molar-refractivity contribution in [1.82, 2.24) is 9.80 Å². The maximum Gasteiger partial charge on any atom is 0.305 e. The molecule has 4 aliphatic rings. The molecule has 2 N–H and O–H groups in total. The van der Waals surface area contributed by atoms with Gasteiger partial charge in [0.25, 0.3) is 11.8 Å². The van der Waals surface area contributed by atoms with Crippen LogP contribution in [0.2, 0.25) is 0 Å². The number of nitrogens with zero attached hydrogens (tertiary/aromatic N) is 6. The molecule has 2 atom stereocenters. The predicted molar refractivity (Wildman–Crippen MR) is 344 cm³/mol. The molecule has 2 fully saturated rings. The van der Waals surface area contributed by atoms with Gasteiger partial charge in [0.1, 0.15) is 13.2 Å². The van der Waals surface area contributed by atoms with Gasteiger partial charge in [-0.25, -0.2) is 0 Å². The normalized spacial score (nSPS) is 15.4. The lowest BCUT2D eigenvalue weighted by Crippen LogP contribution is -2.36. The Morgan fingerprint density at radius 3 is 1.28 bits per heavy atom. The predicted octanol–water partition coefficient (Wildman–Crippen LogP) is 6.87. The Kier molecular flexibility index (Phi) is 30.0. The molecule has 4 aliphatic heterocycles. The highest BCUT2D eigenvalue weighted by atomic mass is 32.2. The number of carbonyl (C=O) groups excluding carboxylic acids is 4. The van der Waals surface area contributed by atoms with E-state index in [2.05, 4.69) is 19.8 Å². The van der Waals surface area contributed by atoms with Crippen LogP contribution in [0.3, 0.4) is 0 Å². The van der Waals surface area contributed by atoms with E-state index < -0.39 is 0 Å². The fourth-order valence-corrected chi connectivity index (χ4v) is 12.2.